The summed E-state index contributed by atoms with van der Waals surface area (Å²) in [6.07, 6.45) is 0.350. The van der Waals surface area contributed by atoms with Gasteiger partial charge in [0.1, 0.15) is 0 Å². The monoisotopic (exact) mass is 371 g/mol. The van der Waals surface area contributed by atoms with E-state index >= 15 is 0 Å². The van der Waals surface area contributed by atoms with Crippen LogP contribution in [-0.2, 0) is 6.42 Å². The smallest absolute Gasteiger partial charge is 0.169 e. The van der Waals surface area contributed by atoms with Gasteiger partial charge in [0.2, 0.25) is 0 Å². The van der Waals surface area contributed by atoms with Crippen LogP contribution in [0.4, 0.5) is 5.69 Å². The summed E-state index contributed by atoms with van der Waals surface area (Å²) in [5.41, 5.74) is 7.73. The number of anilines is 1. The van der Waals surface area contributed by atoms with Crippen LogP contribution < -0.4 is 5.73 Å². The number of carbonyl (C=O) groups is 1. The molecule has 0 radical (unpaired) electrons. The van der Waals surface area contributed by atoms with E-state index in [0.29, 0.717) is 22.7 Å². The fourth-order valence-corrected chi connectivity index (χ4v) is 2.21. The molecule has 0 bridgehead atoms. The highest BCUT2D eigenvalue weighted by atomic mass is 127. The lowest BCUT2D eigenvalue weighted by atomic mass is 10.0. The van der Waals surface area contributed by atoms with E-state index in [0.717, 1.165) is 9.13 Å². The Morgan fingerprint density at radius 1 is 1.17 bits per heavy atom. The number of benzene rings is 2. The molecule has 2 rings (SSSR count). The molecule has 0 unspecified atom stereocenters. The second-order valence-corrected chi connectivity index (χ2v) is 5.64. The summed E-state index contributed by atoms with van der Waals surface area (Å²) in [6.45, 7) is 0. The van der Waals surface area contributed by atoms with Crippen LogP contribution in [0.1, 0.15) is 15.9 Å². The van der Waals surface area contributed by atoms with Gasteiger partial charge in [0, 0.05) is 26.3 Å². The Morgan fingerprint density at radius 3 is 2.44 bits per heavy atom. The van der Waals surface area contributed by atoms with Gasteiger partial charge in [0.05, 0.1) is 0 Å². The Balaban J connectivity index is 2.19. The number of halogens is 2. The maximum absolute atomic E-state index is 12.1. The maximum atomic E-state index is 12.1. The number of hydrogen-bond acceptors (Lipinski definition) is 2. The number of carbonyl (C=O) groups excluding carboxylic acids is 1. The summed E-state index contributed by atoms with van der Waals surface area (Å²) in [6, 6.07) is 12.8. The van der Waals surface area contributed by atoms with E-state index in [1.807, 2.05) is 24.3 Å². The minimum absolute atomic E-state index is 0.00498. The normalized spacial score (nSPS) is 10.3. The lowest BCUT2D eigenvalue weighted by Crippen LogP contribution is -2.06. The molecule has 2 aromatic carbocycles. The molecular formula is C14H11ClINO. The van der Waals surface area contributed by atoms with Gasteiger partial charge >= 0.3 is 0 Å². The van der Waals surface area contributed by atoms with Crippen molar-refractivity contribution in [3.63, 3.8) is 0 Å². The van der Waals surface area contributed by atoms with Crippen molar-refractivity contribution in [2.75, 3.05) is 5.73 Å². The third kappa shape index (κ3) is 3.23. The summed E-state index contributed by atoms with van der Waals surface area (Å²) in [4.78, 5) is 12.1. The number of Topliss-reactive ketones (excluding diaryl/α,β-unsaturated/α-hetero) is 1. The predicted octanol–water partition coefficient (Wildman–Crippen LogP) is 3.95. The molecule has 92 valence electrons. The molecule has 4 heteroatoms. The molecule has 2 aromatic rings. The lowest BCUT2D eigenvalue weighted by molar-refractivity contribution is 0.0994. The zero-order valence-electron chi connectivity index (χ0n) is 9.49. The van der Waals surface area contributed by atoms with E-state index in [-0.39, 0.29) is 5.78 Å². The molecule has 0 saturated heterocycles. The topological polar surface area (TPSA) is 43.1 Å². The van der Waals surface area contributed by atoms with E-state index in [1.165, 1.54) is 0 Å². The molecule has 0 spiro atoms. The summed E-state index contributed by atoms with van der Waals surface area (Å²) < 4.78 is 1.15. The van der Waals surface area contributed by atoms with Crippen LogP contribution in [0.25, 0.3) is 0 Å². The largest absolute Gasteiger partial charge is 0.398 e. The third-order valence-electron chi connectivity index (χ3n) is 2.59. The second-order valence-electron chi connectivity index (χ2n) is 3.96. The first-order chi connectivity index (χ1) is 8.56. The molecule has 0 aliphatic heterocycles. The lowest BCUT2D eigenvalue weighted by Gasteiger charge is -2.05. The molecule has 18 heavy (non-hydrogen) atoms. The molecular weight excluding hydrogens is 361 g/mol. The van der Waals surface area contributed by atoms with Crippen LogP contribution in [0.2, 0.25) is 5.02 Å². The van der Waals surface area contributed by atoms with Crippen molar-refractivity contribution in [2.24, 2.45) is 0 Å². The van der Waals surface area contributed by atoms with Crippen molar-refractivity contribution < 1.29 is 4.79 Å². The number of nitrogen functional groups attached to an aromatic ring is 1. The number of rotatable bonds is 3. The predicted molar refractivity (Wildman–Crippen MR) is 83.1 cm³/mol. The number of nitrogens with two attached hydrogens (primary N) is 1. The van der Waals surface area contributed by atoms with Gasteiger partial charge in [0.15, 0.2) is 5.78 Å². The minimum Gasteiger partial charge on any atom is -0.398 e. The van der Waals surface area contributed by atoms with Gasteiger partial charge in [0.25, 0.3) is 0 Å². The van der Waals surface area contributed by atoms with Gasteiger partial charge in [-0.25, -0.2) is 0 Å². The van der Waals surface area contributed by atoms with E-state index in [2.05, 4.69) is 22.6 Å². The third-order valence-corrected chi connectivity index (χ3v) is 3.55. The Morgan fingerprint density at radius 2 is 1.83 bits per heavy atom. The average molecular weight is 372 g/mol. The SMILES string of the molecule is Nc1cc(Cl)ccc1C(=O)Cc1ccc(I)cc1. The molecule has 0 aromatic heterocycles. The summed E-state index contributed by atoms with van der Waals surface area (Å²) in [5, 5.41) is 0.540. The van der Waals surface area contributed by atoms with Gasteiger partial charge in [-0.05, 0) is 58.5 Å². The van der Waals surface area contributed by atoms with E-state index < -0.39 is 0 Å². The van der Waals surface area contributed by atoms with E-state index in [4.69, 9.17) is 17.3 Å². The fourth-order valence-electron chi connectivity index (χ4n) is 1.67. The van der Waals surface area contributed by atoms with Crippen LogP contribution in [0.5, 0.6) is 0 Å². The van der Waals surface area contributed by atoms with Crippen molar-refractivity contribution in [3.05, 3.63) is 62.2 Å². The quantitative estimate of drug-likeness (QED) is 0.504. The fraction of sp³-hybridized carbons (Fsp3) is 0.0714. The van der Waals surface area contributed by atoms with Crippen LogP contribution in [0.3, 0.4) is 0 Å². The highest BCUT2D eigenvalue weighted by Crippen LogP contribution is 2.20. The van der Waals surface area contributed by atoms with Crippen LogP contribution in [0, 0.1) is 3.57 Å². The van der Waals surface area contributed by atoms with Gasteiger partial charge in [-0.3, -0.25) is 4.79 Å². The van der Waals surface area contributed by atoms with Gasteiger partial charge in [-0.2, -0.15) is 0 Å². The van der Waals surface area contributed by atoms with Gasteiger partial charge in [-0.1, -0.05) is 23.7 Å². The standard InChI is InChI=1S/C14H11ClINO/c15-10-3-6-12(13(17)8-10)14(18)7-9-1-4-11(16)5-2-9/h1-6,8H,7,17H2. The van der Waals surface area contributed by atoms with Crippen molar-refractivity contribution in [1.82, 2.24) is 0 Å². The molecule has 0 amide bonds. The molecule has 2 nitrogen and oxygen atoms in total. The summed E-state index contributed by atoms with van der Waals surface area (Å²) in [5.74, 6) is 0.00498. The zero-order valence-corrected chi connectivity index (χ0v) is 12.4. The highest BCUT2D eigenvalue weighted by Gasteiger charge is 2.10. The second kappa shape index (κ2) is 5.71. The molecule has 0 fully saturated rings. The first-order valence-electron chi connectivity index (χ1n) is 5.39. The summed E-state index contributed by atoms with van der Waals surface area (Å²) in [7, 11) is 0. The molecule has 0 heterocycles. The molecule has 0 aliphatic rings. The molecule has 2 N–H and O–H groups in total. The van der Waals surface area contributed by atoms with Gasteiger partial charge in [-0.15, -0.1) is 0 Å². The number of hydrogen-bond donors (Lipinski definition) is 1. The van der Waals surface area contributed by atoms with Crippen LogP contribution in [-0.4, -0.2) is 5.78 Å². The van der Waals surface area contributed by atoms with Gasteiger partial charge < -0.3 is 5.73 Å². The van der Waals surface area contributed by atoms with E-state index in [1.54, 1.807) is 18.2 Å². The Labute approximate surface area is 124 Å². The molecule has 0 saturated carbocycles. The van der Waals surface area contributed by atoms with Crippen molar-refractivity contribution in [1.29, 1.82) is 0 Å². The van der Waals surface area contributed by atoms with Crippen molar-refractivity contribution >= 4 is 45.7 Å². The maximum Gasteiger partial charge on any atom is 0.169 e. The van der Waals surface area contributed by atoms with E-state index in [9.17, 15) is 4.79 Å². The number of ketones is 1. The minimum atomic E-state index is 0.00498. The van der Waals surface area contributed by atoms with Crippen molar-refractivity contribution in [3.8, 4) is 0 Å². The Kier molecular flexibility index (Phi) is 4.24. The summed E-state index contributed by atoms with van der Waals surface area (Å²) >= 11 is 8.04. The Hall–Kier alpha value is -1.07. The Bertz CT molecular complexity index is 581. The first-order valence-corrected chi connectivity index (χ1v) is 6.84. The van der Waals surface area contributed by atoms with Crippen molar-refractivity contribution in [2.45, 2.75) is 6.42 Å². The molecule has 0 atom stereocenters. The van der Waals surface area contributed by atoms with Crippen LogP contribution in [0.15, 0.2) is 42.5 Å². The first kappa shape index (κ1) is 13.4. The molecule has 0 aliphatic carbocycles. The van der Waals surface area contributed by atoms with Crippen LogP contribution >= 0.6 is 34.2 Å². The average Bonchev–Trinajstić information content (AvgIpc) is 2.32. The zero-order chi connectivity index (χ0) is 13.1. The highest BCUT2D eigenvalue weighted by molar-refractivity contribution is 14.1.